The van der Waals surface area contributed by atoms with Crippen LogP contribution in [-0.4, -0.2) is 12.5 Å². The predicted molar refractivity (Wildman–Crippen MR) is 69.3 cm³/mol. The summed E-state index contributed by atoms with van der Waals surface area (Å²) in [6.07, 6.45) is 2.03. The van der Waals surface area contributed by atoms with E-state index in [1.807, 2.05) is 13.0 Å². The monoisotopic (exact) mass is 238 g/mol. The van der Waals surface area contributed by atoms with Crippen molar-refractivity contribution < 1.29 is 4.39 Å². The van der Waals surface area contributed by atoms with E-state index in [9.17, 15) is 4.39 Å². The van der Waals surface area contributed by atoms with Crippen LogP contribution in [0.2, 0.25) is 0 Å². The zero-order chi connectivity index (χ0) is 12.7. The Balaban J connectivity index is 2.77. The van der Waals surface area contributed by atoms with Crippen LogP contribution in [-0.2, 0) is 0 Å². The molecule has 0 fully saturated rings. The minimum absolute atomic E-state index is 0.316. The van der Waals surface area contributed by atoms with Gasteiger partial charge in [-0.2, -0.15) is 0 Å². The lowest BCUT2D eigenvalue weighted by Crippen LogP contribution is -2.36. The normalized spacial score (nSPS) is 11.4. The summed E-state index contributed by atoms with van der Waals surface area (Å²) in [5.74, 6) is 5.40. The fourth-order valence-corrected chi connectivity index (χ4v) is 1.38. The van der Waals surface area contributed by atoms with E-state index in [2.05, 4.69) is 22.7 Å². The number of para-hydroxylation sites is 1. The molecule has 1 rings (SSSR count). The number of aliphatic imine (C=N–C) groups is 1. The number of hydrogen-bond donors (Lipinski definition) is 3. The highest BCUT2D eigenvalue weighted by atomic mass is 19.1. The molecule has 0 aliphatic rings. The minimum atomic E-state index is -0.316. The van der Waals surface area contributed by atoms with Gasteiger partial charge in [-0.3, -0.25) is 10.4 Å². The molecule has 0 aliphatic heterocycles. The second-order valence-corrected chi connectivity index (χ2v) is 3.78. The Hall–Kier alpha value is -1.62. The lowest BCUT2D eigenvalue weighted by Gasteiger charge is -2.12. The third-order valence-electron chi connectivity index (χ3n) is 2.38. The van der Waals surface area contributed by atoms with Gasteiger partial charge in [-0.1, -0.05) is 25.5 Å². The van der Waals surface area contributed by atoms with E-state index in [0.717, 1.165) is 18.4 Å². The van der Waals surface area contributed by atoms with E-state index >= 15 is 0 Å². The Morgan fingerprint density at radius 3 is 2.82 bits per heavy atom. The number of guanidine groups is 1. The van der Waals surface area contributed by atoms with Gasteiger partial charge in [0, 0.05) is 6.54 Å². The molecule has 4 nitrogen and oxygen atoms in total. The van der Waals surface area contributed by atoms with Crippen LogP contribution in [0.25, 0.3) is 0 Å². The van der Waals surface area contributed by atoms with Crippen molar-refractivity contribution >= 4 is 11.6 Å². The van der Waals surface area contributed by atoms with Crippen molar-refractivity contribution in [3.8, 4) is 0 Å². The Morgan fingerprint density at radius 1 is 1.47 bits per heavy atom. The number of aryl methyl sites for hydroxylation is 1. The summed E-state index contributed by atoms with van der Waals surface area (Å²) >= 11 is 0. The topological polar surface area (TPSA) is 62.4 Å². The number of anilines is 1. The number of nitrogens with zero attached hydrogens (tertiary/aromatic N) is 1. The van der Waals surface area contributed by atoms with E-state index in [0.29, 0.717) is 18.2 Å². The van der Waals surface area contributed by atoms with Crippen molar-refractivity contribution in [2.75, 3.05) is 11.9 Å². The minimum Gasteiger partial charge on any atom is -0.323 e. The quantitative estimate of drug-likeness (QED) is 0.248. The van der Waals surface area contributed by atoms with Gasteiger partial charge in [-0.15, -0.1) is 0 Å². The molecule has 94 valence electrons. The molecule has 0 unspecified atom stereocenters. The fraction of sp³-hybridized carbons (Fsp3) is 0.417. The highest BCUT2D eigenvalue weighted by molar-refractivity contribution is 5.93. The van der Waals surface area contributed by atoms with Crippen LogP contribution in [0.1, 0.15) is 25.3 Å². The Labute approximate surface area is 101 Å². The number of unbranched alkanes of at least 4 members (excludes halogenated alkanes) is 1. The van der Waals surface area contributed by atoms with Gasteiger partial charge in [0.25, 0.3) is 0 Å². The second-order valence-electron chi connectivity index (χ2n) is 3.78. The summed E-state index contributed by atoms with van der Waals surface area (Å²) in [7, 11) is 0. The maximum Gasteiger partial charge on any atom is 0.210 e. The highest BCUT2D eigenvalue weighted by Gasteiger charge is 2.06. The van der Waals surface area contributed by atoms with Gasteiger partial charge in [0.15, 0.2) is 0 Å². The summed E-state index contributed by atoms with van der Waals surface area (Å²) in [5.41, 5.74) is 3.65. The molecule has 1 aromatic rings. The van der Waals surface area contributed by atoms with Gasteiger partial charge < -0.3 is 5.32 Å². The van der Waals surface area contributed by atoms with Crippen LogP contribution in [0.5, 0.6) is 0 Å². The van der Waals surface area contributed by atoms with Gasteiger partial charge in [0.1, 0.15) is 5.82 Å². The molecule has 4 N–H and O–H groups in total. The molecule has 0 atom stereocenters. The number of benzene rings is 1. The van der Waals surface area contributed by atoms with Crippen molar-refractivity contribution in [3.05, 3.63) is 29.6 Å². The maximum absolute atomic E-state index is 13.5. The van der Waals surface area contributed by atoms with Crippen molar-refractivity contribution in [2.45, 2.75) is 26.7 Å². The molecule has 0 spiro atoms. The van der Waals surface area contributed by atoms with E-state index < -0.39 is 0 Å². The van der Waals surface area contributed by atoms with Crippen molar-refractivity contribution in [1.82, 2.24) is 5.43 Å². The van der Waals surface area contributed by atoms with Gasteiger partial charge in [-0.05, 0) is 25.0 Å². The molecule has 0 saturated carbocycles. The average Bonchev–Trinajstić information content (AvgIpc) is 2.32. The fourth-order valence-electron chi connectivity index (χ4n) is 1.38. The van der Waals surface area contributed by atoms with Crippen LogP contribution in [0.4, 0.5) is 10.1 Å². The largest absolute Gasteiger partial charge is 0.323 e. The highest BCUT2D eigenvalue weighted by Crippen LogP contribution is 2.18. The first-order valence-corrected chi connectivity index (χ1v) is 5.72. The number of hydrazine groups is 1. The molecule has 1 aromatic carbocycles. The Bertz CT molecular complexity index is 370. The Morgan fingerprint density at radius 2 is 2.24 bits per heavy atom. The molecule has 0 heterocycles. The zero-order valence-corrected chi connectivity index (χ0v) is 10.3. The van der Waals surface area contributed by atoms with Crippen LogP contribution in [0.15, 0.2) is 23.2 Å². The smallest absolute Gasteiger partial charge is 0.210 e. The van der Waals surface area contributed by atoms with Gasteiger partial charge in [-0.25, -0.2) is 10.2 Å². The summed E-state index contributed by atoms with van der Waals surface area (Å²) in [6, 6.07) is 4.89. The predicted octanol–water partition coefficient (Wildman–Crippen LogP) is 2.17. The lowest BCUT2D eigenvalue weighted by atomic mass is 10.2. The first kappa shape index (κ1) is 13.4. The summed E-state index contributed by atoms with van der Waals surface area (Å²) in [4.78, 5) is 4.21. The van der Waals surface area contributed by atoms with Crippen molar-refractivity contribution in [2.24, 2.45) is 10.8 Å². The molecule has 17 heavy (non-hydrogen) atoms. The Kier molecular flexibility index (Phi) is 5.42. The molecule has 0 radical (unpaired) electrons. The van der Waals surface area contributed by atoms with E-state index in [1.165, 1.54) is 6.07 Å². The van der Waals surface area contributed by atoms with Gasteiger partial charge >= 0.3 is 0 Å². The summed E-state index contributed by atoms with van der Waals surface area (Å²) in [5, 5.41) is 2.86. The first-order chi connectivity index (χ1) is 8.19. The first-order valence-electron chi connectivity index (χ1n) is 5.72. The zero-order valence-electron chi connectivity index (χ0n) is 10.3. The third kappa shape index (κ3) is 4.03. The second kappa shape index (κ2) is 6.85. The molecule has 0 bridgehead atoms. The van der Waals surface area contributed by atoms with Crippen LogP contribution in [0, 0.1) is 12.7 Å². The number of nitrogens with one attached hydrogen (secondary N) is 2. The number of halogens is 1. The SMILES string of the molecule is CCCCN=C(NN)Nc1c(C)cccc1F. The average molecular weight is 238 g/mol. The third-order valence-corrected chi connectivity index (χ3v) is 2.38. The molecule has 0 amide bonds. The van der Waals surface area contributed by atoms with Gasteiger partial charge in [0.2, 0.25) is 5.96 Å². The lowest BCUT2D eigenvalue weighted by molar-refractivity contribution is 0.631. The van der Waals surface area contributed by atoms with Crippen LogP contribution < -0.4 is 16.6 Å². The molecule has 0 saturated heterocycles. The van der Waals surface area contributed by atoms with Crippen LogP contribution in [0.3, 0.4) is 0 Å². The number of nitrogens with two attached hydrogens (primary N) is 1. The maximum atomic E-state index is 13.5. The molecule has 0 aliphatic carbocycles. The molecule has 5 heteroatoms. The van der Waals surface area contributed by atoms with E-state index in [-0.39, 0.29) is 5.82 Å². The summed E-state index contributed by atoms with van der Waals surface area (Å²) < 4.78 is 13.5. The van der Waals surface area contributed by atoms with Gasteiger partial charge in [0.05, 0.1) is 5.69 Å². The molecule has 0 aromatic heterocycles. The summed E-state index contributed by atoms with van der Waals surface area (Å²) in [6.45, 7) is 4.57. The van der Waals surface area contributed by atoms with Crippen molar-refractivity contribution in [3.63, 3.8) is 0 Å². The van der Waals surface area contributed by atoms with Crippen LogP contribution >= 0.6 is 0 Å². The van der Waals surface area contributed by atoms with Crippen molar-refractivity contribution in [1.29, 1.82) is 0 Å². The molecular weight excluding hydrogens is 219 g/mol. The number of hydrogen-bond acceptors (Lipinski definition) is 2. The van der Waals surface area contributed by atoms with E-state index in [1.54, 1.807) is 6.07 Å². The standard InChI is InChI=1S/C12H19FN4/c1-3-4-8-15-12(17-14)16-11-9(2)6-5-7-10(11)13/h5-7H,3-4,8,14H2,1-2H3,(H2,15,16,17). The van der Waals surface area contributed by atoms with E-state index in [4.69, 9.17) is 5.84 Å². The molecular formula is C12H19FN4. The number of rotatable bonds is 4.